The molecule has 2 aromatic carbocycles. The van der Waals surface area contributed by atoms with Gasteiger partial charge in [-0.2, -0.15) is 0 Å². The van der Waals surface area contributed by atoms with E-state index in [9.17, 15) is 9.18 Å². The molecule has 0 atom stereocenters. The van der Waals surface area contributed by atoms with E-state index in [1.807, 2.05) is 0 Å². The maximum Gasteiger partial charge on any atom is 0.339 e. The summed E-state index contributed by atoms with van der Waals surface area (Å²) in [6.07, 6.45) is 0. The fourth-order valence-corrected chi connectivity index (χ4v) is 1.96. The zero-order valence-corrected chi connectivity index (χ0v) is 10.1. The minimum absolute atomic E-state index is 0.0196. The third kappa shape index (κ3) is 1.87. The Morgan fingerprint density at radius 3 is 2.75 bits per heavy atom. The largest absolute Gasteiger partial charge is 0.478 e. The predicted molar refractivity (Wildman–Crippen MR) is 70.8 cm³/mol. The van der Waals surface area contributed by atoms with Crippen molar-refractivity contribution in [1.29, 1.82) is 0 Å². The second-order valence-electron chi connectivity index (χ2n) is 4.22. The summed E-state index contributed by atoms with van der Waals surface area (Å²) < 4.78 is 19.1. The first kappa shape index (κ1) is 12.2. The first-order valence-corrected chi connectivity index (χ1v) is 5.74. The number of carboxylic acid groups (broad SMARTS) is 1. The Morgan fingerprint density at radius 2 is 2.05 bits per heavy atom. The molecule has 0 aliphatic carbocycles. The minimum Gasteiger partial charge on any atom is -0.478 e. The molecule has 0 fully saturated rings. The monoisotopic (exact) mass is 272 g/mol. The topological polar surface area (TPSA) is 89.4 Å². The van der Waals surface area contributed by atoms with Crippen LogP contribution in [0.1, 0.15) is 10.4 Å². The molecule has 5 nitrogen and oxygen atoms in total. The zero-order chi connectivity index (χ0) is 14.3. The van der Waals surface area contributed by atoms with Crippen LogP contribution in [0.3, 0.4) is 0 Å². The molecule has 0 unspecified atom stereocenters. The molecule has 0 bridgehead atoms. The predicted octanol–water partition coefficient (Wildman–Crippen LogP) is 2.91. The summed E-state index contributed by atoms with van der Waals surface area (Å²) in [5.41, 5.74) is 6.29. The van der Waals surface area contributed by atoms with Crippen LogP contribution in [-0.4, -0.2) is 16.1 Å². The molecule has 3 N–H and O–H groups in total. The molecule has 0 radical (unpaired) electrons. The van der Waals surface area contributed by atoms with E-state index in [2.05, 4.69) is 4.98 Å². The lowest BCUT2D eigenvalue weighted by atomic mass is 10.2. The Kier molecular flexibility index (Phi) is 2.64. The number of benzene rings is 2. The highest BCUT2D eigenvalue weighted by Gasteiger charge is 2.18. The Labute approximate surface area is 112 Å². The van der Waals surface area contributed by atoms with E-state index in [1.165, 1.54) is 24.3 Å². The summed E-state index contributed by atoms with van der Waals surface area (Å²) in [5.74, 6) is -1.66. The van der Waals surface area contributed by atoms with Gasteiger partial charge >= 0.3 is 5.97 Å². The molecular formula is C14H9FN2O3. The molecule has 1 heterocycles. The second kappa shape index (κ2) is 4.34. The van der Waals surface area contributed by atoms with Crippen molar-refractivity contribution in [3.8, 4) is 11.5 Å². The standard InChI is InChI=1S/C14H9FN2O3/c15-10-4-2-1-3-8(10)13-17-11-6-7(16)5-9(14(18)19)12(11)20-13/h1-6H,16H2,(H,18,19). The Bertz CT molecular complexity index is 826. The van der Waals surface area contributed by atoms with Gasteiger partial charge in [-0.15, -0.1) is 0 Å². The van der Waals surface area contributed by atoms with Gasteiger partial charge in [0.25, 0.3) is 0 Å². The summed E-state index contributed by atoms with van der Waals surface area (Å²) in [7, 11) is 0. The summed E-state index contributed by atoms with van der Waals surface area (Å²) in [4.78, 5) is 15.3. The van der Waals surface area contributed by atoms with Crippen molar-refractivity contribution in [2.24, 2.45) is 0 Å². The van der Waals surface area contributed by atoms with Gasteiger partial charge in [0, 0.05) is 5.69 Å². The maximum atomic E-state index is 13.7. The maximum absolute atomic E-state index is 13.7. The number of aromatic nitrogens is 1. The number of nitrogens with two attached hydrogens (primary N) is 1. The van der Waals surface area contributed by atoms with Gasteiger partial charge in [-0.25, -0.2) is 14.2 Å². The number of nitrogen functional groups attached to an aromatic ring is 1. The zero-order valence-electron chi connectivity index (χ0n) is 10.1. The molecular weight excluding hydrogens is 263 g/mol. The van der Waals surface area contributed by atoms with Crippen LogP contribution in [0.25, 0.3) is 22.6 Å². The van der Waals surface area contributed by atoms with Gasteiger partial charge < -0.3 is 15.3 Å². The Balaban J connectivity index is 2.28. The lowest BCUT2D eigenvalue weighted by molar-refractivity contribution is 0.0698. The van der Waals surface area contributed by atoms with Crippen molar-refractivity contribution in [2.45, 2.75) is 0 Å². The number of carbonyl (C=O) groups is 1. The number of hydrogen-bond donors (Lipinski definition) is 2. The summed E-state index contributed by atoms with van der Waals surface area (Å²) in [5, 5.41) is 9.12. The number of rotatable bonds is 2. The van der Waals surface area contributed by atoms with Gasteiger partial charge in [0.2, 0.25) is 5.89 Å². The smallest absolute Gasteiger partial charge is 0.339 e. The Hall–Kier alpha value is -2.89. The fraction of sp³-hybridized carbons (Fsp3) is 0. The molecule has 0 aliphatic heterocycles. The number of aromatic carboxylic acids is 1. The molecule has 0 amide bonds. The van der Waals surface area contributed by atoms with E-state index in [0.717, 1.165) is 0 Å². The SMILES string of the molecule is Nc1cc(C(=O)O)c2oc(-c3ccccc3F)nc2c1. The third-order valence-corrected chi connectivity index (χ3v) is 2.85. The van der Waals surface area contributed by atoms with Crippen molar-refractivity contribution in [3.63, 3.8) is 0 Å². The molecule has 0 saturated heterocycles. The van der Waals surface area contributed by atoms with Crippen molar-refractivity contribution >= 4 is 22.8 Å². The number of halogens is 1. The van der Waals surface area contributed by atoms with Gasteiger partial charge in [0.15, 0.2) is 5.58 Å². The summed E-state index contributed by atoms with van der Waals surface area (Å²) in [6, 6.07) is 8.72. The average molecular weight is 272 g/mol. The number of anilines is 1. The molecule has 0 saturated carbocycles. The van der Waals surface area contributed by atoms with Crippen LogP contribution in [0.15, 0.2) is 40.8 Å². The van der Waals surface area contributed by atoms with Gasteiger partial charge in [-0.3, -0.25) is 0 Å². The molecule has 0 aliphatic rings. The molecule has 20 heavy (non-hydrogen) atoms. The van der Waals surface area contributed by atoms with Crippen LogP contribution in [0.4, 0.5) is 10.1 Å². The van der Waals surface area contributed by atoms with Crippen LogP contribution in [-0.2, 0) is 0 Å². The van der Waals surface area contributed by atoms with Crippen LogP contribution in [0.2, 0.25) is 0 Å². The molecule has 3 aromatic rings. The molecule has 0 spiro atoms. The lowest BCUT2D eigenvalue weighted by Crippen LogP contribution is -1.98. The molecule has 6 heteroatoms. The van der Waals surface area contributed by atoms with Crippen LogP contribution in [0.5, 0.6) is 0 Å². The van der Waals surface area contributed by atoms with E-state index in [0.29, 0.717) is 0 Å². The van der Waals surface area contributed by atoms with E-state index >= 15 is 0 Å². The second-order valence-corrected chi connectivity index (χ2v) is 4.22. The highest BCUT2D eigenvalue weighted by Crippen LogP contribution is 2.29. The van der Waals surface area contributed by atoms with Gasteiger partial charge in [0.1, 0.15) is 16.9 Å². The highest BCUT2D eigenvalue weighted by atomic mass is 19.1. The van der Waals surface area contributed by atoms with E-state index < -0.39 is 11.8 Å². The first-order chi connectivity index (χ1) is 9.56. The van der Waals surface area contributed by atoms with E-state index in [1.54, 1.807) is 12.1 Å². The lowest BCUT2D eigenvalue weighted by Gasteiger charge is -1.97. The van der Waals surface area contributed by atoms with Gasteiger partial charge in [0.05, 0.1) is 5.56 Å². The van der Waals surface area contributed by atoms with Crippen molar-refractivity contribution in [1.82, 2.24) is 4.98 Å². The average Bonchev–Trinajstić information content (AvgIpc) is 2.81. The van der Waals surface area contributed by atoms with Gasteiger partial charge in [-0.05, 0) is 24.3 Å². The number of oxazole rings is 1. The number of nitrogens with zero attached hydrogens (tertiary/aromatic N) is 1. The van der Waals surface area contributed by atoms with Crippen molar-refractivity contribution in [3.05, 3.63) is 47.8 Å². The van der Waals surface area contributed by atoms with E-state index in [4.69, 9.17) is 15.3 Å². The quantitative estimate of drug-likeness (QED) is 0.700. The molecule has 3 rings (SSSR count). The highest BCUT2D eigenvalue weighted by molar-refractivity contribution is 6.02. The van der Waals surface area contributed by atoms with Crippen LogP contribution in [0, 0.1) is 5.82 Å². The first-order valence-electron chi connectivity index (χ1n) is 5.74. The fourth-order valence-electron chi connectivity index (χ4n) is 1.96. The summed E-state index contributed by atoms with van der Waals surface area (Å²) >= 11 is 0. The van der Waals surface area contributed by atoms with Crippen LogP contribution < -0.4 is 5.73 Å². The van der Waals surface area contributed by atoms with Crippen molar-refractivity contribution < 1.29 is 18.7 Å². The van der Waals surface area contributed by atoms with Crippen molar-refractivity contribution in [2.75, 3.05) is 5.73 Å². The number of carboxylic acids is 1. The van der Waals surface area contributed by atoms with Gasteiger partial charge in [-0.1, -0.05) is 12.1 Å². The summed E-state index contributed by atoms with van der Waals surface area (Å²) in [6.45, 7) is 0. The van der Waals surface area contributed by atoms with E-state index in [-0.39, 0.29) is 33.8 Å². The number of fused-ring (bicyclic) bond motifs is 1. The molecule has 1 aromatic heterocycles. The number of hydrogen-bond acceptors (Lipinski definition) is 4. The van der Waals surface area contributed by atoms with Crippen LogP contribution >= 0.6 is 0 Å². The minimum atomic E-state index is -1.18. The normalized spacial score (nSPS) is 10.8. The molecule has 100 valence electrons. The Morgan fingerprint density at radius 1 is 1.30 bits per heavy atom. The third-order valence-electron chi connectivity index (χ3n) is 2.85.